The molecular formula is C10H14O2. The summed E-state index contributed by atoms with van der Waals surface area (Å²) in [5, 5.41) is 8.62. The average molecular weight is 166 g/mol. The lowest BCUT2D eigenvalue weighted by atomic mass is 9.98. The largest absolute Gasteiger partial charge is 0.478 e. The van der Waals surface area contributed by atoms with E-state index in [0.717, 1.165) is 12.8 Å². The molecule has 0 unspecified atom stereocenters. The summed E-state index contributed by atoms with van der Waals surface area (Å²) in [6, 6.07) is 0. The Morgan fingerprint density at radius 2 is 2.33 bits per heavy atom. The van der Waals surface area contributed by atoms with Crippen molar-refractivity contribution in [2.45, 2.75) is 32.6 Å². The summed E-state index contributed by atoms with van der Waals surface area (Å²) >= 11 is 0. The summed E-state index contributed by atoms with van der Waals surface area (Å²) in [5.41, 5.74) is 1.62. The van der Waals surface area contributed by atoms with Gasteiger partial charge in [-0.2, -0.15) is 0 Å². The van der Waals surface area contributed by atoms with E-state index >= 15 is 0 Å². The maximum Gasteiger partial charge on any atom is 0.331 e. The van der Waals surface area contributed by atoms with Crippen molar-refractivity contribution in [2.24, 2.45) is 0 Å². The predicted octanol–water partition coefficient (Wildman–Crippen LogP) is 2.52. The Hall–Kier alpha value is -1.05. The molecule has 2 heteroatoms. The predicted molar refractivity (Wildman–Crippen MR) is 47.9 cm³/mol. The van der Waals surface area contributed by atoms with E-state index < -0.39 is 5.97 Å². The highest BCUT2D eigenvalue weighted by Gasteiger charge is 2.04. The van der Waals surface area contributed by atoms with E-state index in [1.807, 2.05) is 0 Å². The number of allylic oxidation sites excluding steroid dienone is 3. The topological polar surface area (TPSA) is 37.3 Å². The number of carboxylic acid groups (broad SMARTS) is 1. The quantitative estimate of drug-likeness (QED) is 0.640. The van der Waals surface area contributed by atoms with Crippen LogP contribution in [0.4, 0.5) is 0 Å². The summed E-state index contributed by atoms with van der Waals surface area (Å²) in [6.45, 7) is 1.64. The first-order valence-corrected chi connectivity index (χ1v) is 4.31. The zero-order chi connectivity index (χ0) is 8.97. The third kappa shape index (κ3) is 2.53. The van der Waals surface area contributed by atoms with Gasteiger partial charge in [-0.1, -0.05) is 11.6 Å². The van der Waals surface area contributed by atoms with E-state index in [1.54, 1.807) is 13.0 Å². The summed E-state index contributed by atoms with van der Waals surface area (Å²) in [7, 11) is 0. The molecule has 0 heterocycles. The van der Waals surface area contributed by atoms with Crippen molar-refractivity contribution in [3.05, 3.63) is 23.3 Å². The summed E-state index contributed by atoms with van der Waals surface area (Å²) < 4.78 is 0. The highest BCUT2D eigenvalue weighted by Crippen LogP contribution is 2.19. The molecule has 0 aromatic carbocycles. The van der Waals surface area contributed by atoms with Crippen LogP contribution >= 0.6 is 0 Å². The van der Waals surface area contributed by atoms with Gasteiger partial charge >= 0.3 is 5.97 Å². The van der Waals surface area contributed by atoms with Crippen LogP contribution in [0.1, 0.15) is 32.6 Å². The molecule has 1 rings (SSSR count). The Bertz CT molecular complexity index is 236. The van der Waals surface area contributed by atoms with Gasteiger partial charge in [0, 0.05) is 5.57 Å². The third-order valence-electron chi connectivity index (χ3n) is 2.07. The Morgan fingerprint density at radius 3 is 2.83 bits per heavy atom. The maximum absolute atomic E-state index is 10.5. The second kappa shape index (κ2) is 4.10. The highest BCUT2D eigenvalue weighted by molar-refractivity contribution is 5.86. The molecule has 0 fully saturated rings. The van der Waals surface area contributed by atoms with E-state index in [9.17, 15) is 4.79 Å². The van der Waals surface area contributed by atoms with Gasteiger partial charge in [0.2, 0.25) is 0 Å². The number of aliphatic carboxylic acids is 1. The number of carboxylic acids is 1. The van der Waals surface area contributed by atoms with E-state index in [-0.39, 0.29) is 0 Å². The fourth-order valence-corrected chi connectivity index (χ4v) is 1.33. The SMILES string of the molecule is C/C(=C\C1=CCCCC1)C(=O)O. The molecular weight excluding hydrogens is 152 g/mol. The molecule has 0 aliphatic heterocycles. The first-order valence-electron chi connectivity index (χ1n) is 4.31. The van der Waals surface area contributed by atoms with E-state index in [2.05, 4.69) is 6.08 Å². The fourth-order valence-electron chi connectivity index (χ4n) is 1.33. The molecule has 0 radical (unpaired) electrons. The lowest BCUT2D eigenvalue weighted by Gasteiger charge is -2.08. The molecule has 0 aromatic heterocycles. The number of rotatable bonds is 2. The molecule has 0 saturated heterocycles. The molecule has 0 bridgehead atoms. The van der Waals surface area contributed by atoms with Gasteiger partial charge in [-0.05, 0) is 38.7 Å². The van der Waals surface area contributed by atoms with Crippen molar-refractivity contribution in [2.75, 3.05) is 0 Å². The minimum Gasteiger partial charge on any atom is -0.478 e. The molecule has 0 aromatic rings. The lowest BCUT2D eigenvalue weighted by Crippen LogP contribution is -1.98. The molecule has 0 atom stereocenters. The van der Waals surface area contributed by atoms with Crippen molar-refractivity contribution >= 4 is 5.97 Å². The van der Waals surface area contributed by atoms with Crippen LogP contribution in [0, 0.1) is 0 Å². The van der Waals surface area contributed by atoms with Gasteiger partial charge in [-0.3, -0.25) is 0 Å². The molecule has 66 valence electrons. The lowest BCUT2D eigenvalue weighted by molar-refractivity contribution is -0.132. The van der Waals surface area contributed by atoms with Crippen molar-refractivity contribution in [3.8, 4) is 0 Å². The van der Waals surface area contributed by atoms with Gasteiger partial charge in [-0.15, -0.1) is 0 Å². The first-order chi connectivity index (χ1) is 5.70. The van der Waals surface area contributed by atoms with Gasteiger partial charge in [0.05, 0.1) is 0 Å². The molecule has 1 N–H and O–H groups in total. The van der Waals surface area contributed by atoms with Gasteiger partial charge in [-0.25, -0.2) is 4.79 Å². The summed E-state index contributed by atoms with van der Waals surface area (Å²) in [5.74, 6) is -0.818. The molecule has 2 nitrogen and oxygen atoms in total. The zero-order valence-corrected chi connectivity index (χ0v) is 7.34. The Kier molecular flexibility index (Phi) is 3.09. The average Bonchev–Trinajstić information content (AvgIpc) is 2.06. The maximum atomic E-state index is 10.5. The van der Waals surface area contributed by atoms with E-state index in [4.69, 9.17) is 5.11 Å². The molecule has 0 amide bonds. The summed E-state index contributed by atoms with van der Waals surface area (Å²) in [4.78, 5) is 10.5. The fraction of sp³-hybridized carbons (Fsp3) is 0.500. The van der Waals surface area contributed by atoms with Crippen LogP contribution in [0.3, 0.4) is 0 Å². The van der Waals surface area contributed by atoms with Crippen molar-refractivity contribution in [1.29, 1.82) is 0 Å². The first kappa shape index (κ1) is 9.04. The van der Waals surface area contributed by atoms with Gasteiger partial charge in [0.1, 0.15) is 0 Å². The van der Waals surface area contributed by atoms with Gasteiger partial charge in [0.25, 0.3) is 0 Å². The van der Waals surface area contributed by atoms with Crippen LogP contribution in [-0.2, 0) is 4.79 Å². The van der Waals surface area contributed by atoms with Crippen molar-refractivity contribution < 1.29 is 9.90 Å². The summed E-state index contributed by atoms with van der Waals surface area (Å²) in [6.07, 6.45) is 8.47. The van der Waals surface area contributed by atoms with Crippen LogP contribution in [0.25, 0.3) is 0 Å². The van der Waals surface area contributed by atoms with Crippen LogP contribution in [0.15, 0.2) is 23.3 Å². The van der Waals surface area contributed by atoms with Crippen molar-refractivity contribution in [3.63, 3.8) is 0 Å². The van der Waals surface area contributed by atoms with Crippen LogP contribution in [-0.4, -0.2) is 11.1 Å². The molecule has 0 spiro atoms. The number of hydrogen-bond acceptors (Lipinski definition) is 1. The molecule has 1 aliphatic carbocycles. The second-order valence-corrected chi connectivity index (χ2v) is 3.16. The minimum absolute atomic E-state index is 0.433. The molecule has 1 aliphatic rings. The monoisotopic (exact) mass is 166 g/mol. The van der Waals surface area contributed by atoms with Gasteiger partial charge < -0.3 is 5.11 Å². The van der Waals surface area contributed by atoms with Crippen LogP contribution < -0.4 is 0 Å². The standard InChI is InChI=1S/C10H14O2/c1-8(10(11)12)7-9-5-3-2-4-6-9/h5,7H,2-4,6H2,1H3,(H,11,12)/b8-7+. The number of carbonyl (C=O) groups is 1. The zero-order valence-electron chi connectivity index (χ0n) is 7.34. The van der Waals surface area contributed by atoms with Crippen LogP contribution in [0.5, 0.6) is 0 Å². The molecule has 12 heavy (non-hydrogen) atoms. The normalized spacial score (nSPS) is 18.8. The number of hydrogen-bond donors (Lipinski definition) is 1. The Morgan fingerprint density at radius 1 is 1.58 bits per heavy atom. The van der Waals surface area contributed by atoms with E-state index in [0.29, 0.717) is 5.57 Å². The van der Waals surface area contributed by atoms with Crippen molar-refractivity contribution in [1.82, 2.24) is 0 Å². The van der Waals surface area contributed by atoms with Gasteiger partial charge in [0.15, 0.2) is 0 Å². The third-order valence-corrected chi connectivity index (χ3v) is 2.07. The molecule has 0 saturated carbocycles. The second-order valence-electron chi connectivity index (χ2n) is 3.16. The van der Waals surface area contributed by atoms with Crippen LogP contribution in [0.2, 0.25) is 0 Å². The smallest absolute Gasteiger partial charge is 0.331 e. The minimum atomic E-state index is -0.818. The Labute approximate surface area is 72.6 Å². The van der Waals surface area contributed by atoms with E-state index in [1.165, 1.54) is 18.4 Å². The Balaban J connectivity index is 2.65. The highest BCUT2D eigenvalue weighted by atomic mass is 16.4.